The van der Waals surface area contributed by atoms with Crippen LogP contribution >= 0.6 is 0 Å². The number of pyridine rings is 1. The van der Waals surface area contributed by atoms with Gasteiger partial charge in [-0.2, -0.15) is 5.10 Å². The van der Waals surface area contributed by atoms with Crippen molar-refractivity contribution in [2.45, 2.75) is 13.8 Å². The van der Waals surface area contributed by atoms with Gasteiger partial charge >= 0.3 is 0 Å². The highest BCUT2D eigenvalue weighted by Gasteiger charge is 2.14. The molecule has 0 aliphatic rings. The predicted octanol–water partition coefficient (Wildman–Crippen LogP) is 5.05. The van der Waals surface area contributed by atoms with Crippen LogP contribution in [-0.4, -0.2) is 31.2 Å². The van der Waals surface area contributed by atoms with Gasteiger partial charge in [0.05, 0.1) is 17.8 Å². The topological polar surface area (TPSA) is 86.5 Å². The summed E-state index contributed by atoms with van der Waals surface area (Å²) in [7, 11) is 0. The number of nitrogens with one attached hydrogen (secondary N) is 1. The van der Waals surface area contributed by atoms with Crippen molar-refractivity contribution in [3.05, 3.63) is 72.7 Å². The number of aromatic nitrogens is 5. The molecule has 9 heteroatoms. The molecule has 5 aromatic rings. The summed E-state index contributed by atoms with van der Waals surface area (Å²) in [5.74, 6) is 1.75. The van der Waals surface area contributed by atoms with E-state index in [2.05, 4.69) is 25.4 Å². The largest absolute Gasteiger partial charge is 0.494 e. The lowest BCUT2D eigenvalue weighted by Crippen LogP contribution is -2.01. The summed E-state index contributed by atoms with van der Waals surface area (Å²) in [6, 6.07) is 12.3. The van der Waals surface area contributed by atoms with Gasteiger partial charge in [0.1, 0.15) is 35.7 Å². The molecular weight excluding hydrogens is 411 g/mol. The summed E-state index contributed by atoms with van der Waals surface area (Å²) in [6.45, 7) is 4.15. The molecule has 0 amide bonds. The minimum absolute atomic E-state index is 0.289. The molecule has 5 rings (SSSR count). The van der Waals surface area contributed by atoms with E-state index in [1.807, 2.05) is 25.1 Å². The Balaban J connectivity index is 1.43. The highest BCUT2D eigenvalue weighted by molar-refractivity contribution is 5.91. The monoisotopic (exact) mass is 430 g/mol. The van der Waals surface area contributed by atoms with Crippen LogP contribution in [0.1, 0.15) is 12.5 Å². The van der Waals surface area contributed by atoms with Crippen LogP contribution in [0.15, 0.2) is 61.3 Å². The average Bonchev–Trinajstić information content (AvgIpc) is 3.27. The molecule has 32 heavy (non-hydrogen) atoms. The van der Waals surface area contributed by atoms with E-state index in [0.717, 1.165) is 11.1 Å². The first kappa shape index (κ1) is 19.7. The Morgan fingerprint density at radius 3 is 2.78 bits per heavy atom. The van der Waals surface area contributed by atoms with Crippen LogP contribution in [0.4, 0.5) is 15.9 Å². The summed E-state index contributed by atoms with van der Waals surface area (Å²) in [4.78, 5) is 12.7. The van der Waals surface area contributed by atoms with Crippen LogP contribution in [0.25, 0.3) is 16.6 Å². The van der Waals surface area contributed by atoms with Gasteiger partial charge in [0.2, 0.25) is 0 Å². The number of halogens is 1. The molecule has 0 saturated carbocycles. The van der Waals surface area contributed by atoms with E-state index in [-0.39, 0.29) is 5.69 Å². The van der Waals surface area contributed by atoms with Crippen LogP contribution in [0.5, 0.6) is 17.2 Å². The van der Waals surface area contributed by atoms with Gasteiger partial charge in [-0.05, 0) is 44.2 Å². The third-order valence-electron chi connectivity index (χ3n) is 4.99. The van der Waals surface area contributed by atoms with Crippen molar-refractivity contribution in [1.29, 1.82) is 0 Å². The van der Waals surface area contributed by atoms with Gasteiger partial charge in [0.25, 0.3) is 0 Å². The Kier molecular flexibility index (Phi) is 4.98. The van der Waals surface area contributed by atoms with Crippen molar-refractivity contribution in [2.24, 2.45) is 0 Å². The van der Waals surface area contributed by atoms with E-state index in [0.29, 0.717) is 40.7 Å². The lowest BCUT2D eigenvalue weighted by Gasteiger charge is -2.14. The molecule has 2 aromatic carbocycles. The van der Waals surface area contributed by atoms with Crippen LogP contribution < -0.4 is 14.8 Å². The quantitative estimate of drug-likeness (QED) is 0.403. The van der Waals surface area contributed by atoms with E-state index in [9.17, 15) is 0 Å². The molecule has 0 aliphatic heterocycles. The molecule has 3 heterocycles. The zero-order valence-electron chi connectivity index (χ0n) is 17.4. The maximum absolute atomic E-state index is 15.2. The van der Waals surface area contributed by atoms with Gasteiger partial charge in [-0.3, -0.25) is 0 Å². The first-order valence-electron chi connectivity index (χ1n) is 10.0. The molecular formula is C23H19FN6O2. The fraction of sp³-hybridized carbons (Fsp3) is 0.130. The Morgan fingerprint density at radius 2 is 1.91 bits per heavy atom. The molecule has 0 bridgehead atoms. The molecule has 0 radical (unpaired) electrons. The van der Waals surface area contributed by atoms with E-state index in [1.165, 1.54) is 12.7 Å². The zero-order valence-corrected chi connectivity index (χ0v) is 17.4. The lowest BCUT2D eigenvalue weighted by atomic mass is 10.1. The maximum atomic E-state index is 15.2. The molecule has 0 aliphatic carbocycles. The normalized spacial score (nSPS) is 11.1. The summed E-state index contributed by atoms with van der Waals surface area (Å²) in [5, 5.41) is 7.88. The van der Waals surface area contributed by atoms with Crippen molar-refractivity contribution >= 4 is 28.1 Å². The van der Waals surface area contributed by atoms with Gasteiger partial charge in [-0.15, -0.1) is 0 Å². The van der Waals surface area contributed by atoms with Crippen LogP contribution in [0, 0.1) is 12.7 Å². The molecule has 8 nitrogen and oxygen atoms in total. The standard InChI is InChI=1S/C23H19FN6O2/c1-3-31-15-4-5-17-19(10-15)25-12-27-23(17)29-18-6-7-20(14(2)22(18)24)32-16-8-9-30-21(11-16)26-13-28-30/h4-13H,3H2,1-2H3,(H,25,27,29). The third-order valence-corrected chi connectivity index (χ3v) is 4.99. The van der Waals surface area contributed by atoms with Crippen molar-refractivity contribution < 1.29 is 13.9 Å². The number of fused-ring (bicyclic) bond motifs is 2. The van der Waals surface area contributed by atoms with Gasteiger partial charge in [-0.25, -0.2) is 23.9 Å². The van der Waals surface area contributed by atoms with Gasteiger partial charge in [0, 0.05) is 29.3 Å². The number of benzene rings is 2. The van der Waals surface area contributed by atoms with E-state index >= 15 is 4.39 Å². The van der Waals surface area contributed by atoms with Gasteiger partial charge in [0.15, 0.2) is 11.5 Å². The molecule has 0 atom stereocenters. The van der Waals surface area contributed by atoms with Crippen LogP contribution in [0.2, 0.25) is 0 Å². The van der Waals surface area contributed by atoms with E-state index in [1.54, 1.807) is 41.9 Å². The number of anilines is 2. The summed E-state index contributed by atoms with van der Waals surface area (Å²) in [5.41, 5.74) is 2.00. The molecule has 160 valence electrons. The lowest BCUT2D eigenvalue weighted by molar-refractivity contribution is 0.340. The molecule has 1 N–H and O–H groups in total. The summed E-state index contributed by atoms with van der Waals surface area (Å²) in [6.07, 6.45) is 4.62. The van der Waals surface area contributed by atoms with Gasteiger partial charge in [-0.1, -0.05) is 0 Å². The smallest absolute Gasteiger partial charge is 0.158 e. The fourth-order valence-electron chi connectivity index (χ4n) is 3.38. The number of hydrogen-bond donors (Lipinski definition) is 1. The fourth-order valence-corrected chi connectivity index (χ4v) is 3.38. The summed E-state index contributed by atoms with van der Waals surface area (Å²) >= 11 is 0. The third kappa shape index (κ3) is 3.64. The number of ether oxygens (including phenoxy) is 2. The molecule has 3 aromatic heterocycles. The SMILES string of the molecule is CCOc1ccc2c(Nc3ccc(Oc4ccn5ncnc5c4)c(C)c3F)ncnc2c1. The minimum Gasteiger partial charge on any atom is -0.494 e. The number of nitrogens with zero attached hydrogens (tertiary/aromatic N) is 5. The zero-order chi connectivity index (χ0) is 22.1. The number of rotatable bonds is 6. The highest BCUT2D eigenvalue weighted by Crippen LogP contribution is 2.33. The highest BCUT2D eigenvalue weighted by atomic mass is 19.1. The maximum Gasteiger partial charge on any atom is 0.158 e. The summed E-state index contributed by atoms with van der Waals surface area (Å²) < 4.78 is 28.2. The molecule has 0 spiro atoms. The Labute approximate surface area is 182 Å². The van der Waals surface area contributed by atoms with Gasteiger partial charge < -0.3 is 14.8 Å². The first-order chi connectivity index (χ1) is 15.6. The van der Waals surface area contributed by atoms with Crippen molar-refractivity contribution in [3.63, 3.8) is 0 Å². The second-order valence-electron chi connectivity index (χ2n) is 7.04. The number of hydrogen-bond acceptors (Lipinski definition) is 7. The molecule has 0 unspecified atom stereocenters. The first-order valence-corrected chi connectivity index (χ1v) is 10.0. The average molecular weight is 430 g/mol. The Hall–Kier alpha value is -4.27. The Morgan fingerprint density at radius 1 is 1.00 bits per heavy atom. The second kappa shape index (κ2) is 8.10. The molecule has 0 fully saturated rings. The van der Waals surface area contributed by atoms with E-state index < -0.39 is 5.82 Å². The van der Waals surface area contributed by atoms with Crippen molar-refractivity contribution in [1.82, 2.24) is 24.6 Å². The van der Waals surface area contributed by atoms with Crippen molar-refractivity contribution in [2.75, 3.05) is 11.9 Å². The minimum atomic E-state index is -0.427. The van der Waals surface area contributed by atoms with Crippen LogP contribution in [0.3, 0.4) is 0 Å². The van der Waals surface area contributed by atoms with E-state index in [4.69, 9.17) is 9.47 Å². The second-order valence-corrected chi connectivity index (χ2v) is 7.04. The Bertz CT molecular complexity index is 1440. The molecule has 0 saturated heterocycles. The van der Waals surface area contributed by atoms with Crippen LogP contribution in [-0.2, 0) is 0 Å². The predicted molar refractivity (Wildman–Crippen MR) is 118 cm³/mol. The van der Waals surface area contributed by atoms with Crippen molar-refractivity contribution in [3.8, 4) is 17.2 Å².